The van der Waals surface area contributed by atoms with Gasteiger partial charge in [0.05, 0.1) is 0 Å². The van der Waals surface area contributed by atoms with Gasteiger partial charge in [-0.25, -0.2) is 19.2 Å². The van der Waals surface area contributed by atoms with E-state index in [4.69, 9.17) is 5.26 Å². The highest BCUT2D eigenvalue weighted by Gasteiger charge is 2.28. The molecule has 0 N–H and O–H groups in total. The molecule has 0 atom stereocenters. The maximum atomic E-state index is 13.7. The summed E-state index contributed by atoms with van der Waals surface area (Å²) in [4.78, 5) is 4.30. The summed E-state index contributed by atoms with van der Waals surface area (Å²) in [7, 11) is 0. The number of pyridine rings is 1. The zero-order valence-corrected chi connectivity index (χ0v) is 11.8. The maximum Gasteiger partial charge on any atom is 0.267 e. The summed E-state index contributed by atoms with van der Waals surface area (Å²) in [5.41, 5.74) is 0.264. The fourth-order valence-electron chi connectivity index (χ4n) is 2.59. The summed E-state index contributed by atoms with van der Waals surface area (Å²) in [5.74, 6) is 2.86. The minimum Gasteiger partial charge on any atom is -0.217 e. The molecule has 2 aromatic rings. The summed E-state index contributed by atoms with van der Waals surface area (Å²) in [6, 6.07) is 1.39. The van der Waals surface area contributed by atoms with Gasteiger partial charge in [-0.3, -0.25) is 0 Å². The van der Waals surface area contributed by atoms with Crippen molar-refractivity contribution in [3.05, 3.63) is 28.4 Å². The van der Waals surface area contributed by atoms with Gasteiger partial charge in [-0.2, -0.15) is 5.10 Å². The third-order valence-electron chi connectivity index (χ3n) is 3.65. The predicted octanol–water partition coefficient (Wildman–Crippen LogP) is 3.07. The zero-order chi connectivity index (χ0) is 13.4. The Balaban J connectivity index is 1.90. The van der Waals surface area contributed by atoms with Gasteiger partial charge in [0.1, 0.15) is 0 Å². The SMILES string of the molecule is N#CB1CCC(c2nc3c(F)cc(Br)cn3n2)CC1. The van der Waals surface area contributed by atoms with Crippen LogP contribution < -0.4 is 0 Å². The molecule has 4 nitrogen and oxygen atoms in total. The van der Waals surface area contributed by atoms with E-state index in [1.54, 1.807) is 6.20 Å². The topological polar surface area (TPSA) is 54.0 Å². The molecule has 0 spiro atoms. The van der Waals surface area contributed by atoms with Gasteiger partial charge in [-0.15, -0.1) is 0 Å². The number of aromatic nitrogens is 3. The van der Waals surface area contributed by atoms with Crippen molar-refractivity contribution in [1.82, 2.24) is 14.6 Å². The monoisotopic (exact) mass is 320 g/mol. The van der Waals surface area contributed by atoms with Crippen molar-refractivity contribution in [1.29, 1.82) is 5.26 Å². The van der Waals surface area contributed by atoms with Crippen molar-refractivity contribution in [2.75, 3.05) is 0 Å². The zero-order valence-electron chi connectivity index (χ0n) is 10.2. The number of hydrogen-bond donors (Lipinski definition) is 0. The Kier molecular flexibility index (Phi) is 3.27. The lowest BCUT2D eigenvalue weighted by Crippen LogP contribution is -2.19. The van der Waals surface area contributed by atoms with Gasteiger partial charge in [0.2, 0.25) is 0 Å². The van der Waals surface area contributed by atoms with Crippen molar-refractivity contribution >= 4 is 28.3 Å². The number of hydrogen-bond acceptors (Lipinski definition) is 3. The highest BCUT2D eigenvalue weighted by Crippen LogP contribution is 2.32. The van der Waals surface area contributed by atoms with Crippen LogP contribution in [0.4, 0.5) is 4.39 Å². The van der Waals surface area contributed by atoms with E-state index < -0.39 is 0 Å². The Morgan fingerprint density at radius 1 is 1.47 bits per heavy atom. The molecular weight excluding hydrogens is 310 g/mol. The molecule has 0 unspecified atom stereocenters. The summed E-state index contributed by atoms with van der Waals surface area (Å²) >= 11 is 3.24. The van der Waals surface area contributed by atoms with Gasteiger partial charge >= 0.3 is 0 Å². The number of nitriles is 1. The van der Waals surface area contributed by atoms with Gasteiger partial charge in [-0.1, -0.05) is 12.6 Å². The Labute approximate surface area is 118 Å². The lowest BCUT2D eigenvalue weighted by Gasteiger charge is -2.20. The number of rotatable bonds is 1. The van der Waals surface area contributed by atoms with Crippen LogP contribution in [0.2, 0.25) is 12.6 Å². The average Bonchev–Trinajstić information content (AvgIpc) is 2.83. The first-order valence-corrected chi connectivity index (χ1v) is 7.07. The van der Waals surface area contributed by atoms with E-state index in [2.05, 4.69) is 32.0 Å². The van der Waals surface area contributed by atoms with Crippen LogP contribution in [0.15, 0.2) is 16.7 Å². The van der Waals surface area contributed by atoms with Crippen LogP contribution >= 0.6 is 15.9 Å². The second-order valence-electron chi connectivity index (χ2n) is 4.92. The molecule has 1 fully saturated rings. The van der Waals surface area contributed by atoms with Crippen molar-refractivity contribution in [2.24, 2.45) is 0 Å². The quantitative estimate of drug-likeness (QED) is 0.759. The molecule has 1 aliphatic heterocycles. The second-order valence-corrected chi connectivity index (χ2v) is 5.84. The molecule has 0 aromatic carbocycles. The second kappa shape index (κ2) is 4.93. The fraction of sp³-hybridized carbons (Fsp3) is 0.417. The maximum absolute atomic E-state index is 13.7. The average molecular weight is 321 g/mol. The lowest BCUT2D eigenvalue weighted by atomic mass is 9.42. The predicted molar refractivity (Wildman–Crippen MR) is 73.6 cm³/mol. The first-order valence-electron chi connectivity index (χ1n) is 6.28. The van der Waals surface area contributed by atoms with E-state index in [-0.39, 0.29) is 24.1 Å². The van der Waals surface area contributed by atoms with Crippen LogP contribution in [-0.2, 0) is 0 Å². The van der Waals surface area contributed by atoms with Crippen LogP contribution in [0, 0.1) is 17.0 Å². The van der Waals surface area contributed by atoms with E-state index in [1.807, 2.05) is 0 Å². The molecule has 7 heteroatoms. The molecule has 0 bridgehead atoms. The van der Waals surface area contributed by atoms with E-state index in [9.17, 15) is 4.39 Å². The largest absolute Gasteiger partial charge is 0.267 e. The van der Waals surface area contributed by atoms with E-state index in [1.165, 1.54) is 10.6 Å². The van der Waals surface area contributed by atoms with E-state index in [0.717, 1.165) is 25.5 Å². The Morgan fingerprint density at radius 2 is 2.21 bits per heavy atom. The molecule has 1 aliphatic rings. The Morgan fingerprint density at radius 3 is 2.89 bits per heavy atom. The third-order valence-corrected chi connectivity index (χ3v) is 4.08. The molecule has 3 heterocycles. The van der Waals surface area contributed by atoms with Crippen LogP contribution in [0.3, 0.4) is 0 Å². The lowest BCUT2D eigenvalue weighted by molar-refractivity contribution is 0.576. The Bertz CT molecular complexity index is 658. The summed E-state index contributed by atoms with van der Waals surface area (Å²) in [5, 5.41) is 13.3. The molecule has 96 valence electrons. The van der Waals surface area contributed by atoms with Crippen LogP contribution in [0.5, 0.6) is 0 Å². The van der Waals surface area contributed by atoms with E-state index >= 15 is 0 Å². The minimum absolute atomic E-state index is 0.152. The molecule has 0 radical (unpaired) electrons. The number of halogens is 2. The fourth-order valence-corrected chi connectivity index (χ4v) is 2.98. The molecular formula is C12H11BBrFN4. The van der Waals surface area contributed by atoms with Gasteiger partial charge in [0, 0.05) is 22.6 Å². The van der Waals surface area contributed by atoms with Gasteiger partial charge < -0.3 is 0 Å². The number of nitrogens with zero attached hydrogens (tertiary/aromatic N) is 4. The van der Waals surface area contributed by atoms with Crippen LogP contribution in [-0.4, -0.2) is 21.3 Å². The minimum atomic E-state index is -0.376. The molecule has 0 amide bonds. The summed E-state index contributed by atoms with van der Waals surface area (Å²) in [6.45, 7) is 0.152. The first-order chi connectivity index (χ1) is 9.17. The molecule has 3 rings (SSSR count). The first kappa shape index (κ1) is 12.6. The van der Waals surface area contributed by atoms with Gasteiger partial charge in [0.25, 0.3) is 6.71 Å². The smallest absolute Gasteiger partial charge is 0.217 e. The third kappa shape index (κ3) is 2.37. The standard InChI is InChI=1S/C12H11BBrFN4/c14-9-5-10(15)12-17-11(18-19(12)6-9)8-1-3-13(7-16)4-2-8/h5-6,8H,1-4H2. The van der Waals surface area contributed by atoms with Crippen LogP contribution in [0.1, 0.15) is 24.6 Å². The van der Waals surface area contributed by atoms with Crippen molar-refractivity contribution < 1.29 is 4.39 Å². The van der Waals surface area contributed by atoms with Crippen molar-refractivity contribution in [3.8, 4) is 5.97 Å². The van der Waals surface area contributed by atoms with E-state index in [0.29, 0.717) is 10.3 Å². The Hall–Kier alpha value is -1.42. The molecule has 19 heavy (non-hydrogen) atoms. The van der Waals surface area contributed by atoms with Gasteiger partial charge in [-0.05, 0) is 34.8 Å². The molecule has 1 saturated heterocycles. The number of fused-ring (bicyclic) bond motifs is 1. The van der Waals surface area contributed by atoms with Crippen molar-refractivity contribution in [2.45, 2.75) is 31.4 Å². The molecule has 0 saturated carbocycles. The summed E-state index contributed by atoms with van der Waals surface area (Å²) in [6.07, 6.45) is 5.26. The normalized spacial score (nSPS) is 16.8. The molecule has 0 aliphatic carbocycles. The van der Waals surface area contributed by atoms with Gasteiger partial charge in [0.15, 0.2) is 17.3 Å². The highest BCUT2D eigenvalue weighted by molar-refractivity contribution is 9.10. The summed E-state index contributed by atoms with van der Waals surface area (Å²) < 4.78 is 15.9. The highest BCUT2D eigenvalue weighted by atomic mass is 79.9. The van der Waals surface area contributed by atoms with Crippen molar-refractivity contribution in [3.63, 3.8) is 0 Å². The molecule has 2 aromatic heterocycles. The van der Waals surface area contributed by atoms with Crippen LogP contribution in [0.25, 0.3) is 5.65 Å².